The van der Waals surface area contributed by atoms with E-state index in [0.29, 0.717) is 12.8 Å². The number of nitrogens with one attached hydrogen (secondary N) is 1. The number of anilines is 2. The zero-order valence-corrected chi connectivity index (χ0v) is 12.4. The van der Waals surface area contributed by atoms with E-state index < -0.39 is 0 Å². The average Bonchev–Trinajstić information content (AvgIpc) is 2.49. The van der Waals surface area contributed by atoms with Gasteiger partial charge in [-0.15, -0.1) is 0 Å². The molecule has 3 N–H and O–H groups in total. The van der Waals surface area contributed by atoms with Crippen molar-refractivity contribution in [2.75, 3.05) is 11.1 Å². The highest BCUT2D eigenvalue weighted by atomic mass is 16.1. The van der Waals surface area contributed by atoms with Crippen LogP contribution in [-0.4, -0.2) is 5.91 Å². The second-order valence-electron chi connectivity index (χ2n) is 5.19. The third-order valence-electron chi connectivity index (χ3n) is 3.45. The Morgan fingerprint density at radius 1 is 1.05 bits per heavy atom. The van der Waals surface area contributed by atoms with E-state index in [1.54, 1.807) is 0 Å². The van der Waals surface area contributed by atoms with Gasteiger partial charge >= 0.3 is 0 Å². The number of hydrogen-bond acceptors (Lipinski definition) is 2. The molecule has 0 bridgehead atoms. The van der Waals surface area contributed by atoms with Gasteiger partial charge in [0, 0.05) is 17.8 Å². The van der Waals surface area contributed by atoms with Gasteiger partial charge in [-0.1, -0.05) is 43.7 Å². The SMILES string of the molecule is CCCc1ccc(NC(=O)CCc2ccccc2N)cc1. The molecular weight excluding hydrogens is 260 g/mol. The lowest BCUT2D eigenvalue weighted by molar-refractivity contribution is -0.116. The van der Waals surface area contributed by atoms with E-state index in [2.05, 4.69) is 24.4 Å². The van der Waals surface area contributed by atoms with Crippen molar-refractivity contribution in [1.29, 1.82) is 0 Å². The number of hydrogen-bond donors (Lipinski definition) is 2. The molecule has 0 atom stereocenters. The summed E-state index contributed by atoms with van der Waals surface area (Å²) in [6.45, 7) is 2.16. The minimum absolute atomic E-state index is 0.0153. The number of amides is 1. The molecule has 0 spiro atoms. The van der Waals surface area contributed by atoms with Gasteiger partial charge in [0.05, 0.1) is 0 Å². The maximum absolute atomic E-state index is 12.0. The Hall–Kier alpha value is -2.29. The van der Waals surface area contributed by atoms with Gasteiger partial charge in [-0.05, 0) is 42.2 Å². The van der Waals surface area contributed by atoms with Crippen LogP contribution >= 0.6 is 0 Å². The molecule has 0 aromatic heterocycles. The highest BCUT2D eigenvalue weighted by Gasteiger charge is 2.05. The summed E-state index contributed by atoms with van der Waals surface area (Å²) in [5.41, 5.74) is 9.78. The van der Waals surface area contributed by atoms with Gasteiger partial charge in [0.15, 0.2) is 0 Å². The number of aryl methyl sites for hydroxylation is 2. The van der Waals surface area contributed by atoms with Crippen LogP contribution in [0.3, 0.4) is 0 Å². The molecule has 0 saturated carbocycles. The van der Waals surface area contributed by atoms with Crippen LogP contribution in [-0.2, 0) is 17.6 Å². The molecule has 0 saturated heterocycles. The van der Waals surface area contributed by atoms with Crippen molar-refractivity contribution in [3.8, 4) is 0 Å². The van der Waals surface area contributed by atoms with E-state index in [9.17, 15) is 4.79 Å². The highest BCUT2D eigenvalue weighted by Crippen LogP contribution is 2.14. The van der Waals surface area contributed by atoms with Crippen LogP contribution in [0, 0.1) is 0 Å². The summed E-state index contributed by atoms with van der Waals surface area (Å²) in [4.78, 5) is 12.0. The maximum Gasteiger partial charge on any atom is 0.224 e. The van der Waals surface area contributed by atoms with Gasteiger partial charge < -0.3 is 11.1 Å². The van der Waals surface area contributed by atoms with Crippen molar-refractivity contribution in [2.45, 2.75) is 32.6 Å². The fourth-order valence-electron chi connectivity index (χ4n) is 2.28. The summed E-state index contributed by atoms with van der Waals surface area (Å²) in [7, 11) is 0. The topological polar surface area (TPSA) is 55.1 Å². The first-order chi connectivity index (χ1) is 10.2. The van der Waals surface area contributed by atoms with Crippen molar-refractivity contribution < 1.29 is 4.79 Å². The molecule has 0 aliphatic carbocycles. The number of carbonyl (C=O) groups excluding carboxylic acids is 1. The number of benzene rings is 2. The van der Waals surface area contributed by atoms with E-state index in [1.165, 1.54) is 5.56 Å². The number of carbonyl (C=O) groups is 1. The predicted molar refractivity (Wildman–Crippen MR) is 88.2 cm³/mol. The van der Waals surface area contributed by atoms with E-state index in [-0.39, 0.29) is 5.91 Å². The molecule has 3 nitrogen and oxygen atoms in total. The normalized spacial score (nSPS) is 10.3. The maximum atomic E-state index is 12.0. The number of nitrogen functional groups attached to an aromatic ring is 1. The van der Waals surface area contributed by atoms with Crippen molar-refractivity contribution >= 4 is 17.3 Å². The van der Waals surface area contributed by atoms with Gasteiger partial charge in [-0.3, -0.25) is 4.79 Å². The van der Waals surface area contributed by atoms with Crippen LogP contribution in [0.25, 0.3) is 0 Å². The molecule has 2 aromatic carbocycles. The largest absolute Gasteiger partial charge is 0.399 e. The van der Waals surface area contributed by atoms with Crippen LogP contribution in [0.4, 0.5) is 11.4 Å². The zero-order valence-electron chi connectivity index (χ0n) is 12.4. The number of nitrogens with two attached hydrogens (primary N) is 1. The summed E-state index contributed by atoms with van der Waals surface area (Å²) in [6.07, 6.45) is 3.29. The quantitative estimate of drug-likeness (QED) is 0.792. The standard InChI is InChI=1S/C18H22N2O/c1-2-5-14-8-11-16(12-9-14)20-18(21)13-10-15-6-3-4-7-17(15)19/h3-4,6-9,11-12H,2,5,10,13,19H2,1H3,(H,20,21). The summed E-state index contributed by atoms with van der Waals surface area (Å²) in [5, 5.41) is 2.92. The fraction of sp³-hybridized carbons (Fsp3) is 0.278. The second kappa shape index (κ2) is 7.48. The Bertz CT molecular complexity index is 590. The van der Waals surface area contributed by atoms with Crippen molar-refractivity contribution in [3.63, 3.8) is 0 Å². The monoisotopic (exact) mass is 282 g/mol. The Balaban J connectivity index is 1.85. The van der Waals surface area contributed by atoms with E-state index >= 15 is 0 Å². The molecule has 0 aliphatic rings. The Morgan fingerprint density at radius 3 is 2.43 bits per heavy atom. The van der Waals surface area contributed by atoms with Crippen molar-refractivity contribution in [2.24, 2.45) is 0 Å². The van der Waals surface area contributed by atoms with E-state index in [1.807, 2.05) is 36.4 Å². The van der Waals surface area contributed by atoms with Crippen LogP contribution in [0.2, 0.25) is 0 Å². The van der Waals surface area contributed by atoms with Crippen LogP contribution < -0.4 is 11.1 Å². The van der Waals surface area contributed by atoms with Crippen molar-refractivity contribution in [3.05, 3.63) is 59.7 Å². The first kappa shape index (κ1) is 15.1. The third kappa shape index (κ3) is 4.63. The molecule has 2 rings (SSSR count). The molecule has 0 aliphatic heterocycles. The molecule has 3 heteroatoms. The summed E-state index contributed by atoms with van der Waals surface area (Å²) in [5.74, 6) is 0.0153. The zero-order chi connectivity index (χ0) is 15.1. The molecule has 2 aromatic rings. The summed E-state index contributed by atoms with van der Waals surface area (Å²) < 4.78 is 0. The van der Waals surface area contributed by atoms with E-state index in [4.69, 9.17) is 5.73 Å². The molecule has 0 heterocycles. The molecule has 0 fully saturated rings. The summed E-state index contributed by atoms with van der Waals surface area (Å²) >= 11 is 0. The van der Waals surface area contributed by atoms with Crippen LogP contribution in [0.5, 0.6) is 0 Å². The van der Waals surface area contributed by atoms with Crippen molar-refractivity contribution in [1.82, 2.24) is 0 Å². The fourth-order valence-corrected chi connectivity index (χ4v) is 2.28. The van der Waals surface area contributed by atoms with Gasteiger partial charge in [0.25, 0.3) is 0 Å². The lowest BCUT2D eigenvalue weighted by atomic mass is 10.1. The Labute approximate surface area is 126 Å². The second-order valence-corrected chi connectivity index (χ2v) is 5.19. The lowest BCUT2D eigenvalue weighted by Gasteiger charge is -2.07. The van der Waals surface area contributed by atoms with Crippen LogP contribution in [0.1, 0.15) is 30.9 Å². The van der Waals surface area contributed by atoms with Gasteiger partial charge in [-0.2, -0.15) is 0 Å². The molecule has 21 heavy (non-hydrogen) atoms. The van der Waals surface area contributed by atoms with Crippen LogP contribution in [0.15, 0.2) is 48.5 Å². The summed E-state index contributed by atoms with van der Waals surface area (Å²) in [6, 6.07) is 15.7. The van der Waals surface area contributed by atoms with Gasteiger partial charge in [-0.25, -0.2) is 0 Å². The Morgan fingerprint density at radius 2 is 1.76 bits per heavy atom. The minimum Gasteiger partial charge on any atom is -0.399 e. The van der Waals surface area contributed by atoms with Gasteiger partial charge in [0.1, 0.15) is 0 Å². The first-order valence-electron chi connectivity index (χ1n) is 7.41. The first-order valence-corrected chi connectivity index (χ1v) is 7.41. The molecule has 0 unspecified atom stereocenters. The van der Waals surface area contributed by atoms with E-state index in [0.717, 1.165) is 29.8 Å². The number of rotatable bonds is 6. The average molecular weight is 282 g/mol. The Kier molecular flexibility index (Phi) is 5.38. The molecular formula is C18H22N2O. The number of para-hydroxylation sites is 1. The molecule has 110 valence electrons. The lowest BCUT2D eigenvalue weighted by Crippen LogP contribution is -2.12. The predicted octanol–water partition coefficient (Wildman–Crippen LogP) is 3.79. The minimum atomic E-state index is 0.0153. The molecule has 1 amide bonds. The third-order valence-corrected chi connectivity index (χ3v) is 3.45. The smallest absolute Gasteiger partial charge is 0.224 e. The molecule has 0 radical (unpaired) electrons. The highest BCUT2D eigenvalue weighted by molar-refractivity contribution is 5.90. The van der Waals surface area contributed by atoms with Gasteiger partial charge in [0.2, 0.25) is 5.91 Å².